The molecule has 0 aliphatic carbocycles. The summed E-state index contributed by atoms with van der Waals surface area (Å²) in [6.07, 6.45) is 4.61. The number of aromatic amines is 1. The van der Waals surface area contributed by atoms with Gasteiger partial charge in [0.1, 0.15) is 10.8 Å². The Hall–Kier alpha value is -1.95. The number of amides is 1. The predicted molar refractivity (Wildman–Crippen MR) is 67.6 cm³/mol. The van der Waals surface area contributed by atoms with Gasteiger partial charge in [0.25, 0.3) is 5.91 Å². The summed E-state index contributed by atoms with van der Waals surface area (Å²) >= 11 is 5.66. The Kier molecular flexibility index (Phi) is 3.88. The van der Waals surface area contributed by atoms with Gasteiger partial charge in [0.2, 0.25) is 0 Å². The number of rotatable bonds is 4. The van der Waals surface area contributed by atoms with Crippen LogP contribution in [0.15, 0.2) is 18.5 Å². The first-order valence-corrected chi connectivity index (χ1v) is 5.90. The minimum absolute atomic E-state index is 0.155. The van der Waals surface area contributed by atoms with E-state index in [1.807, 2.05) is 0 Å². The monoisotopic (exact) mass is 265 g/mol. The van der Waals surface area contributed by atoms with Gasteiger partial charge in [0.15, 0.2) is 5.82 Å². The van der Waals surface area contributed by atoms with Crippen LogP contribution < -0.4 is 5.32 Å². The average Bonchev–Trinajstić information content (AvgIpc) is 2.77. The van der Waals surface area contributed by atoms with Crippen molar-refractivity contribution in [2.75, 3.05) is 5.32 Å². The zero-order chi connectivity index (χ0) is 13.0. The number of nitrogens with one attached hydrogen (secondary N) is 2. The van der Waals surface area contributed by atoms with Crippen molar-refractivity contribution in [2.24, 2.45) is 0 Å². The van der Waals surface area contributed by atoms with Gasteiger partial charge in [-0.2, -0.15) is 5.10 Å². The third kappa shape index (κ3) is 3.04. The molecule has 0 aliphatic heterocycles. The van der Waals surface area contributed by atoms with Crippen LogP contribution in [0.3, 0.4) is 0 Å². The topological polar surface area (TPSA) is 83.6 Å². The Labute approximate surface area is 109 Å². The van der Waals surface area contributed by atoms with Gasteiger partial charge >= 0.3 is 0 Å². The number of halogens is 1. The van der Waals surface area contributed by atoms with Gasteiger partial charge in [-0.25, -0.2) is 4.98 Å². The second-order valence-corrected chi connectivity index (χ2v) is 4.10. The van der Waals surface area contributed by atoms with E-state index < -0.39 is 0 Å². The molecule has 2 rings (SSSR count). The molecule has 2 heterocycles. The molecule has 0 spiro atoms. The zero-order valence-corrected chi connectivity index (χ0v) is 10.5. The van der Waals surface area contributed by atoms with E-state index in [-0.39, 0.29) is 16.8 Å². The van der Waals surface area contributed by atoms with Crippen molar-refractivity contribution >= 4 is 23.3 Å². The molecule has 0 aliphatic rings. The van der Waals surface area contributed by atoms with Gasteiger partial charge in [-0.1, -0.05) is 24.9 Å². The lowest BCUT2D eigenvalue weighted by atomic mass is 10.2. The molecule has 0 bridgehead atoms. The van der Waals surface area contributed by atoms with Crippen LogP contribution in [-0.2, 0) is 6.42 Å². The largest absolute Gasteiger partial charge is 0.304 e. The molecule has 0 atom stereocenters. The Balaban J connectivity index is 2.06. The number of anilines is 1. The molecule has 0 saturated heterocycles. The predicted octanol–water partition coefficient (Wildman–Crippen LogP) is 2.06. The highest BCUT2D eigenvalue weighted by molar-refractivity contribution is 6.29. The van der Waals surface area contributed by atoms with Crippen molar-refractivity contribution in [1.82, 2.24) is 20.2 Å². The van der Waals surface area contributed by atoms with Crippen LogP contribution in [-0.4, -0.2) is 26.1 Å². The van der Waals surface area contributed by atoms with E-state index >= 15 is 0 Å². The van der Waals surface area contributed by atoms with E-state index in [0.29, 0.717) is 5.82 Å². The van der Waals surface area contributed by atoms with Gasteiger partial charge in [-0.3, -0.25) is 14.9 Å². The summed E-state index contributed by atoms with van der Waals surface area (Å²) < 4.78 is 0. The Morgan fingerprint density at radius 1 is 1.50 bits per heavy atom. The van der Waals surface area contributed by atoms with Crippen molar-refractivity contribution in [3.8, 4) is 0 Å². The third-order valence-electron chi connectivity index (χ3n) is 2.23. The molecule has 0 aromatic carbocycles. The number of nitrogens with zero attached hydrogens (tertiary/aromatic N) is 3. The van der Waals surface area contributed by atoms with E-state index in [0.717, 1.165) is 18.5 Å². The lowest BCUT2D eigenvalue weighted by molar-refractivity contribution is 0.102. The fourth-order valence-electron chi connectivity index (χ4n) is 1.45. The molecule has 18 heavy (non-hydrogen) atoms. The van der Waals surface area contributed by atoms with Gasteiger partial charge in [-0.05, 0) is 6.42 Å². The maximum atomic E-state index is 11.8. The van der Waals surface area contributed by atoms with Crippen LogP contribution in [0.1, 0.15) is 29.5 Å². The van der Waals surface area contributed by atoms with Crippen LogP contribution in [0.25, 0.3) is 0 Å². The van der Waals surface area contributed by atoms with E-state index in [1.54, 1.807) is 6.07 Å². The standard InChI is InChI=1S/C11H12ClN5O/c1-2-3-7-4-10(17-16-7)15-11(18)8-5-13-6-9(12)14-8/h4-6H,2-3H2,1H3,(H2,15,16,17,18). The molecule has 0 unspecified atom stereocenters. The molecule has 94 valence electrons. The summed E-state index contributed by atoms with van der Waals surface area (Å²) in [5, 5.41) is 9.63. The van der Waals surface area contributed by atoms with Crippen molar-refractivity contribution in [3.63, 3.8) is 0 Å². The van der Waals surface area contributed by atoms with E-state index in [4.69, 9.17) is 11.6 Å². The summed E-state index contributed by atoms with van der Waals surface area (Å²) in [5.41, 5.74) is 1.13. The smallest absolute Gasteiger partial charge is 0.277 e. The SMILES string of the molecule is CCCc1cc(NC(=O)c2cncc(Cl)n2)n[nH]1. The second-order valence-electron chi connectivity index (χ2n) is 3.71. The first-order valence-electron chi connectivity index (χ1n) is 5.52. The molecule has 0 saturated carbocycles. The number of hydrogen-bond acceptors (Lipinski definition) is 4. The Morgan fingerprint density at radius 3 is 3.06 bits per heavy atom. The molecular formula is C11H12ClN5O. The summed E-state index contributed by atoms with van der Waals surface area (Å²) in [4.78, 5) is 19.5. The van der Waals surface area contributed by atoms with Crippen molar-refractivity contribution in [2.45, 2.75) is 19.8 Å². The molecule has 0 radical (unpaired) electrons. The van der Waals surface area contributed by atoms with Gasteiger partial charge < -0.3 is 5.32 Å². The minimum atomic E-state index is -0.389. The van der Waals surface area contributed by atoms with Crippen LogP contribution in [0.4, 0.5) is 5.82 Å². The lowest BCUT2D eigenvalue weighted by Crippen LogP contribution is -2.14. The normalized spacial score (nSPS) is 10.3. The number of aromatic nitrogens is 4. The summed E-state index contributed by atoms with van der Waals surface area (Å²) in [6, 6.07) is 1.79. The average molecular weight is 266 g/mol. The van der Waals surface area contributed by atoms with E-state index in [1.165, 1.54) is 12.4 Å². The molecule has 6 nitrogen and oxygen atoms in total. The summed E-state index contributed by atoms with van der Waals surface area (Å²) in [7, 11) is 0. The summed E-state index contributed by atoms with van der Waals surface area (Å²) in [6.45, 7) is 2.07. The minimum Gasteiger partial charge on any atom is -0.304 e. The van der Waals surface area contributed by atoms with Gasteiger partial charge in [0, 0.05) is 11.8 Å². The molecule has 7 heteroatoms. The maximum Gasteiger partial charge on any atom is 0.277 e. The molecular weight excluding hydrogens is 254 g/mol. The quantitative estimate of drug-likeness (QED) is 0.886. The highest BCUT2D eigenvalue weighted by atomic mass is 35.5. The second kappa shape index (κ2) is 5.59. The fraction of sp³-hybridized carbons (Fsp3) is 0.273. The van der Waals surface area contributed by atoms with Crippen molar-refractivity contribution < 1.29 is 4.79 Å². The molecule has 2 aromatic heterocycles. The fourth-order valence-corrected chi connectivity index (χ4v) is 1.60. The first kappa shape index (κ1) is 12.5. The van der Waals surface area contributed by atoms with E-state index in [9.17, 15) is 4.79 Å². The van der Waals surface area contributed by atoms with Gasteiger partial charge in [-0.15, -0.1) is 0 Å². The number of hydrogen-bond donors (Lipinski definition) is 2. The highest BCUT2D eigenvalue weighted by Gasteiger charge is 2.10. The molecule has 0 fully saturated rings. The number of H-pyrrole nitrogens is 1. The van der Waals surface area contributed by atoms with Crippen LogP contribution >= 0.6 is 11.6 Å². The van der Waals surface area contributed by atoms with Crippen LogP contribution in [0, 0.1) is 0 Å². The zero-order valence-electron chi connectivity index (χ0n) is 9.77. The number of aryl methyl sites for hydroxylation is 1. The molecule has 2 aromatic rings. The van der Waals surface area contributed by atoms with Crippen molar-refractivity contribution in [1.29, 1.82) is 0 Å². The lowest BCUT2D eigenvalue weighted by Gasteiger charge is -2.00. The van der Waals surface area contributed by atoms with Crippen LogP contribution in [0.2, 0.25) is 5.15 Å². The number of carbonyl (C=O) groups excluding carboxylic acids is 1. The number of carbonyl (C=O) groups is 1. The van der Waals surface area contributed by atoms with Crippen LogP contribution in [0.5, 0.6) is 0 Å². The molecule has 2 N–H and O–H groups in total. The van der Waals surface area contributed by atoms with Gasteiger partial charge in [0.05, 0.1) is 12.4 Å². The molecule has 1 amide bonds. The Bertz CT molecular complexity index is 554. The summed E-state index contributed by atoms with van der Waals surface area (Å²) in [5.74, 6) is 0.0739. The third-order valence-corrected chi connectivity index (χ3v) is 2.41. The van der Waals surface area contributed by atoms with Crippen molar-refractivity contribution in [3.05, 3.63) is 35.0 Å². The highest BCUT2D eigenvalue weighted by Crippen LogP contribution is 2.09. The first-order chi connectivity index (χ1) is 8.69. The Morgan fingerprint density at radius 2 is 2.33 bits per heavy atom. The van der Waals surface area contributed by atoms with E-state index in [2.05, 4.69) is 32.4 Å². The maximum absolute atomic E-state index is 11.8.